The van der Waals surface area contributed by atoms with Crippen molar-refractivity contribution in [2.24, 2.45) is 5.92 Å². The van der Waals surface area contributed by atoms with Gasteiger partial charge in [-0.05, 0) is 44.1 Å². The van der Waals surface area contributed by atoms with Crippen molar-refractivity contribution >= 4 is 5.82 Å². The van der Waals surface area contributed by atoms with Gasteiger partial charge in [0.05, 0.1) is 6.61 Å². The smallest absolute Gasteiger partial charge is 0.132 e. The van der Waals surface area contributed by atoms with Gasteiger partial charge in [-0.15, -0.1) is 0 Å². The summed E-state index contributed by atoms with van der Waals surface area (Å²) in [5.41, 5.74) is 0. The Morgan fingerprint density at radius 1 is 1.14 bits per heavy atom. The first-order valence-electron chi connectivity index (χ1n) is 8.74. The maximum Gasteiger partial charge on any atom is 0.132 e. The second-order valence-electron chi connectivity index (χ2n) is 6.97. The Hall–Kier alpha value is -1.20. The van der Waals surface area contributed by atoms with Crippen LogP contribution >= 0.6 is 0 Å². The summed E-state index contributed by atoms with van der Waals surface area (Å²) < 4.78 is 5.51. The van der Waals surface area contributed by atoms with E-state index >= 15 is 0 Å². The third kappa shape index (κ3) is 3.25. The van der Waals surface area contributed by atoms with Gasteiger partial charge in [0, 0.05) is 44.5 Å². The molecule has 0 bridgehead atoms. The second kappa shape index (κ2) is 6.50. The third-order valence-electron chi connectivity index (χ3n) is 5.26. The van der Waals surface area contributed by atoms with Crippen molar-refractivity contribution in [3.63, 3.8) is 0 Å². The van der Waals surface area contributed by atoms with Crippen molar-refractivity contribution in [1.29, 1.82) is 0 Å². The van der Waals surface area contributed by atoms with Gasteiger partial charge < -0.3 is 14.5 Å². The molecule has 1 saturated carbocycles. The van der Waals surface area contributed by atoms with Crippen LogP contribution in [0.4, 0.5) is 5.82 Å². The second-order valence-corrected chi connectivity index (χ2v) is 6.97. The number of rotatable bonds is 5. The molecular formula is C17H26N4O. The average Bonchev–Trinajstić information content (AvgIpc) is 3.26. The molecule has 2 aliphatic heterocycles. The monoisotopic (exact) mass is 302 g/mol. The summed E-state index contributed by atoms with van der Waals surface area (Å²) in [7, 11) is 0. The predicted molar refractivity (Wildman–Crippen MR) is 85.9 cm³/mol. The number of likely N-dealkylation sites (tertiary alicyclic amines) is 1. The summed E-state index contributed by atoms with van der Waals surface area (Å²) in [6.07, 6.45) is 9.96. The van der Waals surface area contributed by atoms with E-state index < -0.39 is 0 Å². The van der Waals surface area contributed by atoms with E-state index in [4.69, 9.17) is 4.74 Å². The molecule has 0 spiro atoms. The van der Waals surface area contributed by atoms with Crippen LogP contribution in [0, 0.1) is 5.92 Å². The predicted octanol–water partition coefficient (Wildman–Crippen LogP) is 1.95. The first-order chi connectivity index (χ1) is 10.9. The van der Waals surface area contributed by atoms with Gasteiger partial charge in [0.1, 0.15) is 12.1 Å². The largest absolute Gasteiger partial charge is 0.381 e. The molecule has 3 heterocycles. The van der Waals surface area contributed by atoms with Gasteiger partial charge >= 0.3 is 0 Å². The molecule has 2 saturated heterocycles. The lowest BCUT2D eigenvalue weighted by Crippen LogP contribution is -2.47. The zero-order valence-corrected chi connectivity index (χ0v) is 13.2. The van der Waals surface area contributed by atoms with Crippen LogP contribution in [-0.2, 0) is 4.74 Å². The minimum Gasteiger partial charge on any atom is -0.381 e. The van der Waals surface area contributed by atoms with Gasteiger partial charge in [-0.25, -0.2) is 9.97 Å². The van der Waals surface area contributed by atoms with Crippen molar-refractivity contribution in [1.82, 2.24) is 14.9 Å². The fraction of sp³-hybridized carbons (Fsp3) is 0.765. The van der Waals surface area contributed by atoms with E-state index in [9.17, 15) is 0 Å². The number of hydrogen-bond acceptors (Lipinski definition) is 5. The van der Waals surface area contributed by atoms with Crippen LogP contribution in [0.25, 0.3) is 0 Å². The van der Waals surface area contributed by atoms with Crippen molar-refractivity contribution in [2.75, 3.05) is 37.7 Å². The van der Waals surface area contributed by atoms with E-state index in [0.29, 0.717) is 6.04 Å². The summed E-state index contributed by atoms with van der Waals surface area (Å²) in [5.74, 6) is 1.89. The van der Waals surface area contributed by atoms with E-state index in [1.165, 1.54) is 51.7 Å². The Morgan fingerprint density at radius 3 is 2.59 bits per heavy atom. The Balaban J connectivity index is 1.35. The van der Waals surface area contributed by atoms with Crippen molar-refractivity contribution in [3.8, 4) is 0 Å². The number of nitrogens with zero attached hydrogens (tertiary/aromatic N) is 4. The molecule has 0 aromatic carbocycles. The van der Waals surface area contributed by atoms with Crippen molar-refractivity contribution < 1.29 is 4.74 Å². The summed E-state index contributed by atoms with van der Waals surface area (Å²) in [6, 6.07) is 3.44. The lowest BCUT2D eigenvalue weighted by molar-refractivity contribution is 0.151. The van der Waals surface area contributed by atoms with Crippen LogP contribution in [0.5, 0.6) is 0 Å². The molecule has 0 N–H and O–H groups in total. The molecule has 4 rings (SSSR count). The van der Waals surface area contributed by atoms with E-state index in [1.54, 1.807) is 6.33 Å². The highest BCUT2D eigenvalue weighted by molar-refractivity contribution is 5.41. The van der Waals surface area contributed by atoms with Gasteiger partial charge in [0.25, 0.3) is 0 Å². The number of ether oxygens (including phenoxy) is 1. The van der Waals surface area contributed by atoms with E-state index in [-0.39, 0.29) is 0 Å². The van der Waals surface area contributed by atoms with Gasteiger partial charge in [0.2, 0.25) is 0 Å². The molecule has 120 valence electrons. The van der Waals surface area contributed by atoms with E-state index in [1.807, 2.05) is 6.20 Å². The molecular weight excluding hydrogens is 276 g/mol. The zero-order valence-electron chi connectivity index (χ0n) is 13.2. The van der Waals surface area contributed by atoms with E-state index in [2.05, 4.69) is 25.8 Å². The summed E-state index contributed by atoms with van der Waals surface area (Å²) in [4.78, 5) is 13.8. The highest BCUT2D eigenvalue weighted by Gasteiger charge is 2.36. The summed E-state index contributed by atoms with van der Waals surface area (Å²) in [6.45, 7) is 5.59. The Morgan fingerprint density at radius 2 is 1.95 bits per heavy atom. The van der Waals surface area contributed by atoms with Crippen LogP contribution in [0.3, 0.4) is 0 Å². The SMILES string of the molecule is c1cc(N(C2CC2)C2CCN(CC3CCOC3)CC2)ncn1. The van der Waals surface area contributed by atoms with Gasteiger partial charge in [-0.3, -0.25) is 0 Å². The summed E-state index contributed by atoms with van der Waals surface area (Å²) >= 11 is 0. The topological polar surface area (TPSA) is 41.5 Å². The highest BCUT2D eigenvalue weighted by Crippen LogP contribution is 2.35. The van der Waals surface area contributed by atoms with Crippen LogP contribution < -0.4 is 4.90 Å². The normalized spacial score (nSPS) is 27.2. The first-order valence-corrected chi connectivity index (χ1v) is 8.74. The molecule has 3 fully saturated rings. The maximum atomic E-state index is 5.51. The van der Waals surface area contributed by atoms with Gasteiger partial charge in [-0.2, -0.15) is 0 Å². The lowest BCUT2D eigenvalue weighted by Gasteiger charge is -2.40. The minimum atomic E-state index is 0.651. The number of piperidine rings is 1. The quantitative estimate of drug-likeness (QED) is 0.831. The maximum absolute atomic E-state index is 5.51. The minimum absolute atomic E-state index is 0.651. The molecule has 5 heteroatoms. The molecule has 3 aliphatic rings. The van der Waals surface area contributed by atoms with E-state index in [0.717, 1.165) is 31.0 Å². The molecule has 5 nitrogen and oxygen atoms in total. The van der Waals surface area contributed by atoms with Gasteiger partial charge in [0.15, 0.2) is 0 Å². The standard InChI is InChI=1S/C17H26N4O/c1-2-15(1)21(17-3-7-18-13-19-17)16-4-8-20(9-5-16)11-14-6-10-22-12-14/h3,7,13-16H,1-2,4-6,8-12H2. The molecule has 1 aromatic heterocycles. The van der Waals surface area contributed by atoms with Crippen LogP contribution in [0.1, 0.15) is 32.1 Å². The number of aromatic nitrogens is 2. The van der Waals surface area contributed by atoms with Crippen molar-refractivity contribution in [2.45, 2.75) is 44.2 Å². The van der Waals surface area contributed by atoms with Gasteiger partial charge in [-0.1, -0.05) is 0 Å². The lowest BCUT2D eigenvalue weighted by atomic mass is 10.0. The number of hydrogen-bond donors (Lipinski definition) is 0. The fourth-order valence-corrected chi connectivity index (χ4v) is 3.93. The molecule has 1 aliphatic carbocycles. The molecule has 22 heavy (non-hydrogen) atoms. The summed E-state index contributed by atoms with van der Waals surface area (Å²) in [5, 5.41) is 0. The van der Waals surface area contributed by atoms with Crippen LogP contribution in [-0.4, -0.2) is 59.8 Å². The number of anilines is 1. The highest BCUT2D eigenvalue weighted by atomic mass is 16.5. The molecule has 1 atom stereocenters. The average molecular weight is 302 g/mol. The Kier molecular flexibility index (Phi) is 4.26. The van der Waals surface area contributed by atoms with Crippen molar-refractivity contribution in [3.05, 3.63) is 18.6 Å². The van der Waals surface area contributed by atoms with Crippen LogP contribution in [0.2, 0.25) is 0 Å². The third-order valence-corrected chi connectivity index (χ3v) is 5.26. The first kappa shape index (κ1) is 14.4. The zero-order chi connectivity index (χ0) is 14.8. The molecule has 0 amide bonds. The Labute approximate surface area is 132 Å². The molecule has 0 radical (unpaired) electrons. The Bertz CT molecular complexity index is 465. The van der Waals surface area contributed by atoms with Crippen LogP contribution in [0.15, 0.2) is 18.6 Å². The fourth-order valence-electron chi connectivity index (χ4n) is 3.93. The molecule has 1 unspecified atom stereocenters. The molecule has 1 aromatic rings.